The summed E-state index contributed by atoms with van der Waals surface area (Å²) >= 11 is 0. The first kappa shape index (κ1) is 19.5. The molecule has 5 nitrogen and oxygen atoms in total. The third-order valence-electron chi connectivity index (χ3n) is 3.98. The number of carbonyl (C=O) groups excluding carboxylic acids is 2. The smallest absolute Gasteiger partial charge is 0.251 e. The Morgan fingerprint density at radius 3 is 2.15 bits per heavy atom. The van der Waals surface area contributed by atoms with Gasteiger partial charge in [0.2, 0.25) is 5.91 Å². The Balaban J connectivity index is 2.05. The fourth-order valence-corrected chi connectivity index (χ4v) is 2.49. The van der Waals surface area contributed by atoms with Gasteiger partial charge in [0.1, 0.15) is 11.8 Å². The van der Waals surface area contributed by atoms with Gasteiger partial charge in [0.25, 0.3) is 5.91 Å². The molecule has 0 aromatic heterocycles. The monoisotopic (exact) mass is 354 g/mol. The van der Waals surface area contributed by atoms with Crippen molar-refractivity contribution >= 4 is 17.5 Å². The molecule has 26 heavy (non-hydrogen) atoms. The number of aryl methyl sites for hydroxylation is 1. The highest BCUT2D eigenvalue weighted by atomic mass is 16.5. The van der Waals surface area contributed by atoms with Gasteiger partial charge in [-0.3, -0.25) is 9.59 Å². The van der Waals surface area contributed by atoms with E-state index in [1.54, 1.807) is 24.3 Å². The summed E-state index contributed by atoms with van der Waals surface area (Å²) in [4.78, 5) is 25.1. The van der Waals surface area contributed by atoms with E-state index in [0.717, 1.165) is 5.56 Å². The largest absolute Gasteiger partial charge is 0.494 e. The normalized spacial score (nSPS) is 11.7. The Labute approximate surface area is 154 Å². The van der Waals surface area contributed by atoms with E-state index >= 15 is 0 Å². The van der Waals surface area contributed by atoms with Gasteiger partial charge in [-0.2, -0.15) is 0 Å². The molecule has 5 heteroatoms. The summed E-state index contributed by atoms with van der Waals surface area (Å²) in [6.07, 6.45) is 0. The van der Waals surface area contributed by atoms with Gasteiger partial charge in [-0.25, -0.2) is 0 Å². The average molecular weight is 354 g/mol. The molecule has 2 aromatic rings. The molecular formula is C21H26N2O3. The molecule has 0 bridgehead atoms. The maximum Gasteiger partial charge on any atom is 0.251 e. The highest BCUT2D eigenvalue weighted by molar-refractivity contribution is 6.01. The quantitative estimate of drug-likeness (QED) is 0.795. The van der Waals surface area contributed by atoms with Gasteiger partial charge in [0.15, 0.2) is 0 Å². The molecule has 2 amide bonds. The number of rotatable bonds is 7. The summed E-state index contributed by atoms with van der Waals surface area (Å²) in [5.74, 6) is 0.141. The highest BCUT2D eigenvalue weighted by Gasteiger charge is 2.24. The van der Waals surface area contributed by atoms with E-state index in [4.69, 9.17) is 4.74 Å². The fourth-order valence-electron chi connectivity index (χ4n) is 2.49. The van der Waals surface area contributed by atoms with Gasteiger partial charge in [-0.15, -0.1) is 0 Å². The van der Waals surface area contributed by atoms with Crippen LogP contribution in [-0.2, 0) is 4.79 Å². The van der Waals surface area contributed by atoms with Gasteiger partial charge in [0, 0.05) is 11.3 Å². The first-order chi connectivity index (χ1) is 12.4. The molecule has 2 N–H and O–H groups in total. The second-order valence-electron chi connectivity index (χ2n) is 6.51. The van der Waals surface area contributed by atoms with Crippen LogP contribution in [0.25, 0.3) is 0 Å². The zero-order chi connectivity index (χ0) is 19.1. The van der Waals surface area contributed by atoms with Crippen molar-refractivity contribution in [3.63, 3.8) is 0 Å². The molecular weight excluding hydrogens is 328 g/mol. The van der Waals surface area contributed by atoms with Crippen LogP contribution in [-0.4, -0.2) is 24.5 Å². The second-order valence-corrected chi connectivity index (χ2v) is 6.51. The van der Waals surface area contributed by atoms with Crippen LogP contribution >= 0.6 is 0 Å². The minimum Gasteiger partial charge on any atom is -0.494 e. The van der Waals surface area contributed by atoms with E-state index in [-0.39, 0.29) is 17.7 Å². The van der Waals surface area contributed by atoms with Crippen LogP contribution in [0.4, 0.5) is 5.69 Å². The molecule has 2 aromatic carbocycles. The molecule has 0 aliphatic carbocycles. The van der Waals surface area contributed by atoms with Gasteiger partial charge in [-0.1, -0.05) is 31.5 Å². The molecule has 0 fully saturated rings. The SMILES string of the molecule is CCOc1ccc(C(=O)N[C@H](C(=O)Nc2ccc(C)cc2)C(C)C)cc1. The Kier molecular flexibility index (Phi) is 6.78. The average Bonchev–Trinajstić information content (AvgIpc) is 2.62. The number of carbonyl (C=O) groups is 2. The summed E-state index contributed by atoms with van der Waals surface area (Å²) < 4.78 is 5.38. The van der Waals surface area contributed by atoms with E-state index in [2.05, 4.69) is 10.6 Å². The van der Waals surface area contributed by atoms with Gasteiger partial charge < -0.3 is 15.4 Å². The number of nitrogens with one attached hydrogen (secondary N) is 2. The molecule has 1 atom stereocenters. The van der Waals surface area contributed by atoms with E-state index in [1.807, 2.05) is 52.0 Å². The van der Waals surface area contributed by atoms with Gasteiger partial charge in [0.05, 0.1) is 6.61 Å². The number of amides is 2. The molecule has 0 saturated heterocycles. The Bertz CT molecular complexity index is 737. The van der Waals surface area contributed by atoms with Crippen molar-refractivity contribution in [2.45, 2.75) is 33.7 Å². The third-order valence-corrected chi connectivity index (χ3v) is 3.98. The molecule has 0 aliphatic heterocycles. The molecule has 0 spiro atoms. The van der Waals surface area contributed by atoms with Crippen molar-refractivity contribution in [1.29, 1.82) is 0 Å². The molecule has 0 saturated carbocycles. The lowest BCUT2D eigenvalue weighted by molar-refractivity contribution is -0.118. The van der Waals surface area contributed by atoms with Crippen molar-refractivity contribution in [2.75, 3.05) is 11.9 Å². The van der Waals surface area contributed by atoms with Crippen LogP contribution in [0.1, 0.15) is 36.7 Å². The lowest BCUT2D eigenvalue weighted by Gasteiger charge is -2.22. The Morgan fingerprint density at radius 1 is 1.00 bits per heavy atom. The second kappa shape index (κ2) is 9.04. The van der Waals surface area contributed by atoms with Crippen molar-refractivity contribution in [1.82, 2.24) is 5.32 Å². The molecule has 0 heterocycles. The molecule has 2 rings (SSSR count). The topological polar surface area (TPSA) is 67.4 Å². The predicted octanol–water partition coefficient (Wildman–Crippen LogP) is 3.79. The van der Waals surface area contributed by atoms with Crippen molar-refractivity contribution in [3.05, 3.63) is 59.7 Å². The lowest BCUT2D eigenvalue weighted by Crippen LogP contribution is -2.47. The predicted molar refractivity (Wildman–Crippen MR) is 104 cm³/mol. The third kappa shape index (κ3) is 5.34. The summed E-state index contributed by atoms with van der Waals surface area (Å²) in [5.41, 5.74) is 2.32. The maximum absolute atomic E-state index is 12.6. The molecule has 0 aliphatic rings. The number of anilines is 1. The maximum atomic E-state index is 12.6. The first-order valence-corrected chi connectivity index (χ1v) is 8.82. The van der Waals surface area contributed by atoms with Gasteiger partial charge in [-0.05, 0) is 56.2 Å². The fraction of sp³-hybridized carbons (Fsp3) is 0.333. The van der Waals surface area contributed by atoms with Crippen molar-refractivity contribution < 1.29 is 14.3 Å². The zero-order valence-corrected chi connectivity index (χ0v) is 15.7. The van der Waals surface area contributed by atoms with E-state index in [0.29, 0.717) is 23.6 Å². The lowest BCUT2D eigenvalue weighted by atomic mass is 10.0. The minimum absolute atomic E-state index is 0.0490. The van der Waals surface area contributed by atoms with E-state index in [1.165, 1.54) is 0 Å². The first-order valence-electron chi connectivity index (χ1n) is 8.82. The Hall–Kier alpha value is -2.82. The van der Waals surface area contributed by atoms with E-state index in [9.17, 15) is 9.59 Å². The minimum atomic E-state index is -0.629. The number of ether oxygens (including phenoxy) is 1. The van der Waals surface area contributed by atoms with Crippen molar-refractivity contribution in [3.8, 4) is 5.75 Å². The van der Waals surface area contributed by atoms with Crippen LogP contribution in [0.3, 0.4) is 0 Å². The molecule has 0 radical (unpaired) electrons. The van der Waals surface area contributed by atoms with Crippen LogP contribution < -0.4 is 15.4 Å². The van der Waals surface area contributed by atoms with Crippen LogP contribution in [0.5, 0.6) is 5.75 Å². The van der Waals surface area contributed by atoms with Crippen LogP contribution in [0, 0.1) is 12.8 Å². The van der Waals surface area contributed by atoms with Gasteiger partial charge >= 0.3 is 0 Å². The van der Waals surface area contributed by atoms with Crippen LogP contribution in [0.2, 0.25) is 0 Å². The summed E-state index contributed by atoms with van der Waals surface area (Å²) in [5, 5.41) is 5.68. The summed E-state index contributed by atoms with van der Waals surface area (Å²) in [6.45, 7) is 8.26. The summed E-state index contributed by atoms with van der Waals surface area (Å²) in [6, 6.07) is 13.8. The highest BCUT2D eigenvalue weighted by Crippen LogP contribution is 2.14. The number of hydrogen-bond acceptors (Lipinski definition) is 3. The number of hydrogen-bond donors (Lipinski definition) is 2. The van der Waals surface area contributed by atoms with E-state index < -0.39 is 6.04 Å². The van der Waals surface area contributed by atoms with Crippen molar-refractivity contribution in [2.24, 2.45) is 5.92 Å². The molecule has 0 unspecified atom stereocenters. The summed E-state index contributed by atoms with van der Waals surface area (Å²) in [7, 11) is 0. The zero-order valence-electron chi connectivity index (χ0n) is 15.7. The molecule has 138 valence electrons. The van der Waals surface area contributed by atoms with Crippen LogP contribution in [0.15, 0.2) is 48.5 Å². The number of benzene rings is 2. The Morgan fingerprint density at radius 2 is 1.62 bits per heavy atom. The standard InChI is InChI=1S/C21H26N2O3/c1-5-26-18-12-8-16(9-13-18)20(24)23-19(14(2)3)21(25)22-17-10-6-15(4)7-11-17/h6-14,19H,5H2,1-4H3,(H,22,25)(H,23,24)/t19-/m0/s1.